The van der Waals surface area contributed by atoms with E-state index in [1.807, 2.05) is 0 Å². The molecule has 1 rings (SSSR count). The van der Waals surface area contributed by atoms with Crippen LogP contribution in [0.1, 0.15) is 63.6 Å². The van der Waals surface area contributed by atoms with Gasteiger partial charge in [-0.2, -0.15) is 0 Å². The standard InChI is InChI=1S/C15H24/c1-7-11(2)14-9-8-13(10-12(14)3)15(4,5)6/h8-11H,7H2,1-6H3. The normalized spacial score (nSPS) is 14.0. The van der Waals surface area contributed by atoms with Crippen LogP contribution in [0.15, 0.2) is 18.2 Å². The molecule has 0 nitrogen and oxygen atoms in total. The summed E-state index contributed by atoms with van der Waals surface area (Å²) in [4.78, 5) is 0. The highest BCUT2D eigenvalue weighted by molar-refractivity contribution is 5.36. The summed E-state index contributed by atoms with van der Waals surface area (Å²) >= 11 is 0. The van der Waals surface area contributed by atoms with Gasteiger partial charge in [-0.1, -0.05) is 52.8 Å². The number of hydrogen-bond donors (Lipinski definition) is 0. The maximum atomic E-state index is 2.35. The van der Waals surface area contributed by atoms with Crippen LogP contribution in [0, 0.1) is 6.92 Å². The fourth-order valence-corrected chi connectivity index (χ4v) is 1.92. The van der Waals surface area contributed by atoms with Crippen LogP contribution in [-0.2, 0) is 5.41 Å². The topological polar surface area (TPSA) is 0 Å². The van der Waals surface area contributed by atoms with E-state index in [0.717, 1.165) is 0 Å². The Morgan fingerprint density at radius 1 is 1.20 bits per heavy atom. The number of rotatable bonds is 2. The van der Waals surface area contributed by atoms with Crippen molar-refractivity contribution in [3.63, 3.8) is 0 Å². The Labute approximate surface area is 94.7 Å². The Hall–Kier alpha value is -0.780. The first-order chi connectivity index (χ1) is 6.86. The molecule has 0 aliphatic carbocycles. The first kappa shape index (κ1) is 12.3. The van der Waals surface area contributed by atoms with Gasteiger partial charge in [-0.3, -0.25) is 0 Å². The summed E-state index contributed by atoms with van der Waals surface area (Å²) in [6, 6.07) is 6.94. The fraction of sp³-hybridized carbons (Fsp3) is 0.600. The van der Waals surface area contributed by atoms with Gasteiger partial charge in [-0.15, -0.1) is 0 Å². The fourth-order valence-electron chi connectivity index (χ4n) is 1.92. The van der Waals surface area contributed by atoms with Gasteiger partial charge >= 0.3 is 0 Å². The number of hydrogen-bond acceptors (Lipinski definition) is 0. The van der Waals surface area contributed by atoms with Crippen LogP contribution in [-0.4, -0.2) is 0 Å². The van der Waals surface area contributed by atoms with Crippen LogP contribution in [0.5, 0.6) is 0 Å². The van der Waals surface area contributed by atoms with Crippen molar-refractivity contribution in [2.24, 2.45) is 0 Å². The minimum absolute atomic E-state index is 0.263. The number of aryl methyl sites for hydroxylation is 1. The minimum Gasteiger partial charge on any atom is -0.0648 e. The van der Waals surface area contributed by atoms with Gasteiger partial charge in [0, 0.05) is 0 Å². The summed E-state index contributed by atoms with van der Waals surface area (Å²) in [6.45, 7) is 13.6. The second kappa shape index (κ2) is 4.38. The summed E-state index contributed by atoms with van der Waals surface area (Å²) in [5.41, 5.74) is 4.65. The molecule has 0 radical (unpaired) electrons. The van der Waals surface area contributed by atoms with E-state index in [-0.39, 0.29) is 5.41 Å². The zero-order chi connectivity index (χ0) is 11.6. The molecule has 0 amide bonds. The van der Waals surface area contributed by atoms with Crippen LogP contribution in [0.2, 0.25) is 0 Å². The molecule has 0 saturated carbocycles. The third-order valence-corrected chi connectivity index (χ3v) is 3.28. The maximum absolute atomic E-state index is 2.35. The van der Waals surface area contributed by atoms with Crippen molar-refractivity contribution in [3.8, 4) is 0 Å². The third kappa shape index (κ3) is 2.84. The molecule has 1 unspecified atom stereocenters. The van der Waals surface area contributed by atoms with E-state index in [1.165, 1.54) is 23.1 Å². The smallest absolute Gasteiger partial charge is 0.0132 e. The number of benzene rings is 1. The first-order valence-electron chi connectivity index (χ1n) is 5.97. The predicted octanol–water partition coefficient (Wildman–Crippen LogP) is 4.81. The highest BCUT2D eigenvalue weighted by atomic mass is 14.2. The van der Waals surface area contributed by atoms with Crippen LogP contribution < -0.4 is 0 Å². The Morgan fingerprint density at radius 2 is 1.80 bits per heavy atom. The van der Waals surface area contributed by atoms with Crippen molar-refractivity contribution < 1.29 is 0 Å². The molecule has 0 heterocycles. The highest BCUT2D eigenvalue weighted by Crippen LogP contribution is 2.28. The molecule has 1 aromatic rings. The zero-order valence-corrected chi connectivity index (χ0v) is 11.0. The third-order valence-electron chi connectivity index (χ3n) is 3.28. The molecule has 0 fully saturated rings. The van der Waals surface area contributed by atoms with Crippen molar-refractivity contribution in [1.29, 1.82) is 0 Å². The Bertz CT molecular complexity index is 328. The Kier molecular flexibility index (Phi) is 3.59. The molecule has 1 atom stereocenters. The van der Waals surface area contributed by atoms with E-state index in [9.17, 15) is 0 Å². The van der Waals surface area contributed by atoms with Crippen LogP contribution in [0.3, 0.4) is 0 Å². The average molecular weight is 204 g/mol. The second-order valence-corrected chi connectivity index (χ2v) is 5.63. The Morgan fingerprint density at radius 3 is 2.20 bits per heavy atom. The molecule has 1 aromatic carbocycles. The Balaban J connectivity index is 3.09. The first-order valence-corrected chi connectivity index (χ1v) is 5.97. The van der Waals surface area contributed by atoms with Crippen LogP contribution in [0.4, 0.5) is 0 Å². The van der Waals surface area contributed by atoms with E-state index < -0.39 is 0 Å². The molecule has 0 aliphatic rings. The lowest BCUT2D eigenvalue weighted by Crippen LogP contribution is -2.11. The lowest BCUT2D eigenvalue weighted by Gasteiger charge is -2.22. The van der Waals surface area contributed by atoms with E-state index in [1.54, 1.807) is 0 Å². The van der Waals surface area contributed by atoms with Crippen LogP contribution >= 0.6 is 0 Å². The summed E-state index contributed by atoms with van der Waals surface area (Å²) in [6.07, 6.45) is 1.22. The predicted molar refractivity (Wildman–Crippen MR) is 68.6 cm³/mol. The van der Waals surface area contributed by atoms with Gasteiger partial charge in [-0.25, -0.2) is 0 Å². The molecule has 0 heteroatoms. The lowest BCUT2D eigenvalue weighted by molar-refractivity contribution is 0.588. The second-order valence-electron chi connectivity index (χ2n) is 5.63. The summed E-state index contributed by atoms with van der Waals surface area (Å²) in [7, 11) is 0. The minimum atomic E-state index is 0.263. The molecule has 0 spiro atoms. The monoisotopic (exact) mass is 204 g/mol. The molecule has 84 valence electrons. The summed E-state index contributed by atoms with van der Waals surface area (Å²) < 4.78 is 0. The van der Waals surface area contributed by atoms with E-state index in [2.05, 4.69) is 59.7 Å². The highest BCUT2D eigenvalue weighted by Gasteiger charge is 2.15. The van der Waals surface area contributed by atoms with Crippen molar-refractivity contribution in [2.75, 3.05) is 0 Å². The van der Waals surface area contributed by atoms with Crippen molar-refractivity contribution in [2.45, 2.75) is 59.3 Å². The van der Waals surface area contributed by atoms with Gasteiger partial charge in [0.2, 0.25) is 0 Å². The molecule has 0 bridgehead atoms. The molecule has 0 N–H and O–H groups in total. The lowest BCUT2D eigenvalue weighted by atomic mass is 9.83. The molecule has 0 saturated heterocycles. The molecule has 0 aliphatic heterocycles. The van der Waals surface area contributed by atoms with Gasteiger partial charge in [0.05, 0.1) is 0 Å². The molecule has 0 aromatic heterocycles. The molecular formula is C15H24. The van der Waals surface area contributed by atoms with Crippen molar-refractivity contribution in [1.82, 2.24) is 0 Å². The summed E-state index contributed by atoms with van der Waals surface area (Å²) in [5.74, 6) is 0.680. The van der Waals surface area contributed by atoms with Gasteiger partial charge in [0.25, 0.3) is 0 Å². The zero-order valence-electron chi connectivity index (χ0n) is 11.0. The van der Waals surface area contributed by atoms with E-state index in [0.29, 0.717) is 5.92 Å². The van der Waals surface area contributed by atoms with Gasteiger partial charge in [0.15, 0.2) is 0 Å². The van der Waals surface area contributed by atoms with Crippen molar-refractivity contribution in [3.05, 3.63) is 34.9 Å². The summed E-state index contributed by atoms with van der Waals surface area (Å²) in [5, 5.41) is 0. The molecule has 15 heavy (non-hydrogen) atoms. The van der Waals surface area contributed by atoms with Gasteiger partial charge in [-0.05, 0) is 41.4 Å². The van der Waals surface area contributed by atoms with Crippen molar-refractivity contribution >= 4 is 0 Å². The average Bonchev–Trinajstić information content (AvgIpc) is 2.15. The van der Waals surface area contributed by atoms with Gasteiger partial charge in [0.1, 0.15) is 0 Å². The molecular weight excluding hydrogens is 180 g/mol. The SMILES string of the molecule is CCC(C)c1ccc(C(C)(C)C)cc1C. The van der Waals surface area contributed by atoms with E-state index in [4.69, 9.17) is 0 Å². The maximum Gasteiger partial charge on any atom is -0.0132 e. The van der Waals surface area contributed by atoms with Gasteiger partial charge < -0.3 is 0 Å². The van der Waals surface area contributed by atoms with Crippen LogP contribution in [0.25, 0.3) is 0 Å². The largest absolute Gasteiger partial charge is 0.0648 e. The quantitative estimate of drug-likeness (QED) is 0.648. The van der Waals surface area contributed by atoms with E-state index >= 15 is 0 Å².